The lowest BCUT2D eigenvalue weighted by atomic mass is 10.2. The fraction of sp³-hybridized carbons (Fsp3) is 0.208. The molecule has 0 amide bonds. The summed E-state index contributed by atoms with van der Waals surface area (Å²) in [6.45, 7) is 6.61. The minimum Gasteiger partial charge on any atom is -0.533 e. The Bertz CT molecular complexity index is 943. The van der Waals surface area contributed by atoms with Gasteiger partial charge in [-0.15, -0.1) is 0 Å². The highest BCUT2D eigenvalue weighted by molar-refractivity contribution is 9.10. The molecule has 0 N–H and O–H groups in total. The fourth-order valence-corrected chi connectivity index (χ4v) is 8.72. The summed E-state index contributed by atoms with van der Waals surface area (Å²) in [7, 11) is -1.27. The maximum absolute atomic E-state index is 12.0. The van der Waals surface area contributed by atoms with Gasteiger partial charge in [0.1, 0.15) is 11.5 Å². The van der Waals surface area contributed by atoms with Crippen LogP contribution >= 0.6 is 15.9 Å². The van der Waals surface area contributed by atoms with Crippen LogP contribution in [0.3, 0.4) is 0 Å². The molecule has 0 radical (unpaired) electrons. The van der Waals surface area contributed by atoms with Crippen LogP contribution in [0.25, 0.3) is 0 Å². The van der Waals surface area contributed by atoms with Gasteiger partial charge < -0.3 is 9.16 Å². The number of ether oxygens (including phenoxy) is 1. The van der Waals surface area contributed by atoms with E-state index in [-0.39, 0.29) is 5.04 Å². The molecule has 0 unspecified atom stereocenters. The first-order valence-corrected chi connectivity index (χ1v) is 12.2. The number of halogens is 1. The zero-order valence-corrected chi connectivity index (χ0v) is 19.7. The van der Waals surface area contributed by atoms with Gasteiger partial charge in [0.25, 0.3) is 0 Å². The smallest absolute Gasteiger partial charge is 0.319 e. The fourth-order valence-electron chi connectivity index (χ4n) is 3.78. The Kier molecular flexibility index (Phi) is 6.29. The van der Waals surface area contributed by atoms with Gasteiger partial charge in [0.15, 0.2) is 6.29 Å². The third-order valence-corrected chi connectivity index (χ3v) is 10.7. The van der Waals surface area contributed by atoms with Crippen molar-refractivity contribution in [2.45, 2.75) is 25.8 Å². The Balaban J connectivity index is 2.32. The average molecular weight is 469 g/mol. The van der Waals surface area contributed by atoms with Crippen molar-refractivity contribution in [1.82, 2.24) is 0 Å². The van der Waals surface area contributed by atoms with Crippen molar-refractivity contribution in [3.8, 4) is 11.5 Å². The molecule has 0 fully saturated rings. The molecule has 5 heteroatoms. The Morgan fingerprint density at radius 2 is 1.38 bits per heavy atom. The first kappa shape index (κ1) is 21.3. The van der Waals surface area contributed by atoms with E-state index < -0.39 is 8.32 Å². The van der Waals surface area contributed by atoms with Crippen molar-refractivity contribution in [2.24, 2.45) is 0 Å². The zero-order valence-electron chi connectivity index (χ0n) is 17.1. The van der Waals surface area contributed by atoms with Gasteiger partial charge in [-0.1, -0.05) is 81.4 Å². The molecule has 0 saturated carbocycles. The monoisotopic (exact) mass is 468 g/mol. The summed E-state index contributed by atoms with van der Waals surface area (Å²) >= 11 is 3.46. The molecule has 0 bridgehead atoms. The minimum atomic E-state index is -2.82. The van der Waals surface area contributed by atoms with Crippen molar-refractivity contribution in [1.29, 1.82) is 0 Å². The number of carbonyl (C=O) groups is 1. The average Bonchev–Trinajstić information content (AvgIpc) is 2.72. The van der Waals surface area contributed by atoms with Crippen LogP contribution in [0.15, 0.2) is 77.3 Å². The van der Waals surface area contributed by atoms with Crippen LogP contribution in [-0.2, 0) is 0 Å². The van der Waals surface area contributed by atoms with Crippen LogP contribution in [0.5, 0.6) is 11.5 Å². The quantitative estimate of drug-likeness (QED) is 0.367. The van der Waals surface area contributed by atoms with E-state index in [4.69, 9.17) is 9.16 Å². The normalized spacial score (nSPS) is 11.8. The van der Waals surface area contributed by atoms with E-state index in [9.17, 15) is 4.79 Å². The van der Waals surface area contributed by atoms with Crippen molar-refractivity contribution in [3.05, 3.63) is 82.8 Å². The van der Waals surface area contributed by atoms with E-state index >= 15 is 0 Å². The highest BCUT2D eigenvalue weighted by Gasteiger charge is 2.52. The highest BCUT2D eigenvalue weighted by atomic mass is 79.9. The predicted octanol–water partition coefficient (Wildman–Crippen LogP) is 5.21. The van der Waals surface area contributed by atoms with Crippen LogP contribution in [0.1, 0.15) is 31.1 Å². The molecule has 29 heavy (non-hydrogen) atoms. The molecule has 0 saturated heterocycles. The summed E-state index contributed by atoms with van der Waals surface area (Å²) in [5, 5.41) is 2.10. The number of methoxy groups -OCH3 is 1. The lowest BCUT2D eigenvalue weighted by molar-refractivity contribution is 0.111. The Morgan fingerprint density at radius 3 is 1.79 bits per heavy atom. The molecule has 3 aromatic carbocycles. The molecule has 3 nitrogen and oxygen atoms in total. The molecule has 0 spiro atoms. The maximum atomic E-state index is 12.0. The van der Waals surface area contributed by atoms with E-state index in [1.54, 1.807) is 7.11 Å². The SMILES string of the molecule is COc1c(Br)ccc(O[Si](c2ccccc2)(c2ccccc2)C(C)(C)C)c1C=O. The number of hydrogen-bond donors (Lipinski definition) is 0. The van der Waals surface area contributed by atoms with Gasteiger partial charge in [0.05, 0.1) is 17.1 Å². The van der Waals surface area contributed by atoms with Crippen molar-refractivity contribution in [2.75, 3.05) is 7.11 Å². The van der Waals surface area contributed by atoms with Crippen molar-refractivity contribution in [3.63, 3.8) is 0 Å². The van der Waals surface area contributed by atoms with Crippen molar-refractivity contribution >= 4 is 40.9 Å². The summed E-state index contributed by atoms with van der Waals surface area (Å²) in [5.74, 6) is 1.02. The molecular weight excluding hydrogens is 444 g/mol. The van der Waals surface area contributed by atoms with E-state index in [1.807, 2.05) is 48.5 Å². The largest absolute Gasteiger partial charge is 0.533 e. The second-order valence-electron chi connectivity index (χ2n) is 7.88. The van der Waals surface area contributed by atoms with Gasteiger partial charge in [-0.2, -0.15) is 0 Å². The van der Waals surface area contributed by atoms with E-state index in [1.165, 1.54) is 0 Å². The first-order chi connectivity index (χ1) is 13.8. The topological polar surface area (TPSA) is 35.5 Å². The lowest BCUT2D eigenvalue weighted by Gasteiger charge is -2.43. The minimum absolute atomic E-state index is 0.198. The highest BCUT2D eigenvalue weighted by Crippen LogP contribution is 2.41. The Hall–Kier alpha value is -2.37. The summed E-state index contributed by atoms with van der Waals surface area (Å²) in [6, 6.07) is 24.4. The molecule has 0 aliphatic carbocycles. The Morgan fingerprint density at radius 1 is 0.862 bits per heavy atom. The van der Waals surface area contributed by atoms with E-state index in [0.717, 1.165) is 21.1 Å². The number of hydrogen-bond acceptors (Lipinski definition) is 3. The number of carbonyl (C=O) groups excluding carboxylic acids is 1. The molecule has 0 aliphatic heterocycles. The molecule has 3 rings (SSSR count). The van der Waals surface area contributed by atoms with Gasteiger partial charge in [0, 0.05) is 0 Å². The summed E-state index contributed by atoms with van der Waals surface area (Å²) in [5.41, 5.74) is 0.412. The second-order valence-corrected chi connectivity index (χ2v) is 13.0. The van der Waals surface area contributed by atoms with Crippen LogP contribution in [-0.4, -0.2) is 21.7 Å². The van der Waals surface area contributed by atoms with Gasteiger partial charge in [-0.25, -0.2) is 0 Å². The molecule has 3 aromatic rings. The zero-order chi connectivity index (χ0) is 21.1. The van der Waals surface area contributed by atoms with Gasteiger partial charge in [-0.05, 0) is 43.5 Å². The standard InChI is InChI=1S/C24H25BrO3Si/c1-24(2,3)29(18-11-7-5-8-12-18,19-13-9-6-10-14-19)28-22-16-15-21(25)23(27-4)20(22)17-26/h5-17H,1-4H3. The van der Waals surface area contributed by atoms with Crippen LogP contribution in [0, 0.1) is 0 Å². The van der Waals surface area contributed by atoms with Crippen molar-refractivity contribution < 1.29 is 14.0 Å². The van der Waals surface area contributed by atoms with Crippen LogP contribution < -0.4 is 19.5 Å². The molecule has 150 valence electrons. The third kappa shape index (κ3) is 3.89. The lowest BCUT2D eigenvalue weighted by Crippen LogP contribution is -2.68. The molecule has 0 aromatic heterocycles. The summed E-state index contributed by atoms with van der Waals surface area (Å²) in [4.78, 5) is 12.0. The van der Waals surface area contributed by atoms with Crippen LogP contribution in [0.4, 0.5) is 0 Å². The predicted molar refractivity (Wildman–Crippen MR) is 124 cm³/mol. The second kappa shape index (κ2) is 8.55. The molecule has 0 heterocycles. The molecule has 0 aliphatic rings. The summed E-state index contributed by atoms with van der Waals surface area (Å²) in [6.07, 6.45) is 0.802. The molecular formula is C24H25BrO3Si. The van der Waals surface area contributed by atoms with Gasteiger partial charge in [0.2, 0.25) is 0 Å². The maximum Gasteiger partial charge on any atom is 0.319 e. The Labute approximate surface area is 181 Å². The third-order valence-electron chi connectivity index (χ3n) is 5.11. The van der Waals surface area contributed by atoms with E-state index in [2.05, 4.69) is 61.0 Å². The number of benzene rings is 3. The first-order valence-electron chi connectivity index (χ1n) is 9.47. The van der Waals surface area contributed by atoms with Gasteiger partial charge >= 0.3 is 8.32 Å². The summed E-state index contributed by atoms with van der Waals surface area (Å²) < 4.78 is 13.2. The number of rotatable bonds is 6. The van der Waals surface area contributed by atoms with Gasteiger partial charge in [-0.3, -0.25) is 4.79 Å². The van der Waals surface area contributed by atoms with Crippen LogP contribution in [0.2, 0.25) is 5.04 Å². The van der Waals surface area contributed by atoms with E-state index in [0.29, 0.717) is 17.1 Å². The number of aldehydes is 1. The molecule has 0 atom stereocenters.